The van der Waals surface area contributed by atoms with Crippen molar-refractivity contribution in [2.75, 3.05) is 25.2 Å². The van der Waals surface area contributed by atoms with Crippen molar-refractivity contribution in [1.82, 2.24) is 10.3 Å². The van der Waals surface area contributed by atoms with E-state index in [0.717, 1.165) is 0 Å². The molecule has 1 heterocycles. The molecule has 1 atom stereocenters. The van der Waals surface area contributed by atoms with Gasteiger partial charge in [0, 0.05) is 35.5 Å². The third-order valence-corrected chi connectivity index (χ3v) is 2.75. The van der Waals surface area contributed by atoms with Gasteiger partial charge in [0.15, 0.2) is 0 Å². The van der Waals surface area contributed by atoms with Crippen LogP contribution in [0.25, 0.3) is 0 Å². The Labute approximate surface area is 103 Å². The van der Waals surface area contributed by atoms with E-state index in [0.29, 0.717) is 30.3 Å². The molecule has 0 aromatic carbocycles. The van der Waals surface area contributed by atoms with Gasteiger partial charge in [0.2, 0.25) is 5.88 Å². The minimum atomic E-state index is -0.909. The molecule has 1 N–H and O–H groups in total. The summed E-state index contributed by atoms with van der Waals surface area (Å²) < 4.78 is 16.1. The molecule has 0 radical (unpaired) electrons. The van der Waals surface area contributed by atoms with Crippen LogP contribution in [0.15, 0.2) is 18.3 Å². The highest BCUT2D eigenvalue weighted by Crippen LogP contribution is 2.13. The minimum Gasteiger partial charge on any atom is -0.477 e. The monoisotopic (exact) mass is 256 g/mol. The maximum atomic E-state index is 11.8. The van der Waals surface area contributed by atoms with Gasteiger partial charge in [-0.2, -0.15) is 0 Å². The number of hydrogen-bond donors (Lipinski definition) is 1. The fourth-order valence-corrected chi connectivity index (χ4v) is 1.61. The molecule has 0 fully saturated rings. The summed E-state index contributed by atoms with van der Waals surface area (Å²) in [5, 5.41) is 2.68. The predicted octanol–water partition coefficient (Wildman–Crippen LogP) is 0.589. The Morgan fingerprint density at radius 3 is 3.00 bits per heavy atom. The zero-order chi connectivity index (χ0) is 12.7. The van der Waals surface area contributed by atoms with E-state index in [1.807, 2.05) is 6.92 Å². The topological polar surface area (TPSA) is 68.3 Å². The summed E-state index contributed by atoms with van der Waals surface area (Å²) >= 11 is 0. The van der Waals surface area contributed by atoms with Gasteiger partial charge >= 0.3 is 0 Å². The third-order valence-electron chi connectivity index (χ3n) is 1.97. The fraction of sp³-hybridized carbons (Fsp3) is 0.455. The Morgan fingerprint density at radius 2 is 2.35 bits per heavy atom. The van der Waals surface area contributed by atoms with Crippen LogP contribution in [-0.4, -0.2) is 40.3 Å². The second kappa shape index (κ2) is 7.01. The van der Waals surface area contributed by atoms with Crippen molar-refractivity contribution in [1.29, 1.82) is 0 Å². The van der Waals surface area contributed by atoms with Gasteiger partial charge in [-0.1, -0.05) is 0 Å². The number of hydrogen-bond acceptors (Lipinski definition) is 4. The molecule has 6 heteroatoms. The van der Waals surface area contributed by atoms with E-state index in [1.165, 1.54) is 0 Å². The first kappa shape index (κ1) is 13.6. The average molecular weight is 256 g/mol. The zero-order valence-corrected chi connectivity index (χ0v) is 10.8. The highest BCUT2D eigenvalue weighted by Gasteiger charge is 2.12. The van der Waals surface area contributed by atoms with Crippen molar-refractivity contribution in [3.8, 4) is 5.88 Å². The molecule has 0 aliphatic carbocycles. The molecule has 0 unspecified atom stereocenters. The summed E-state index contributed by atoms with van der Waals surface area (Å²) in [6, 6.07) is 3.33. The number of rotatable bonds is 6. The first-order chi connectivity index (χ1) is 8.15. The zero-order valence-electron chi connectivity index (χ0n) is 9.93. The molecule has 1 amide bonds. The third kappa shape index (κ3) is 4.52. The van der Waals surface area contributed by atoms with Crippen molar-refractivity contribution in [2.45, 2.75) is 6.92 Å². The van der Waals surface area contributed by atoms with E-state index in [2.05, 4.69) is 10.3 Å². The first-order valence-electron chi connectivity index (χ1n) is 5.31. The van der Waals surface area contributed by atoms with Gasteiger partial charge in [-0.3, -0.25) is 9.00 Å². The van der Waals surface area contributed by atoms with Crippen LogP contribution in [0.4, 0.5) is 0 Å². The van der Waals surface area contributed by atoms with Crippen LogP contribution in [0.1, 0.15) is 17.3 Å². The van der Waals surface area contributed by atoms with Crippen LogP contribution >= 0.6 is 0 Å². The number of nitrogens with one attached hydrogen (secondary N) is 1. The second-order valence-electron chi connectivity index (χ2n) is 3.32. The Balaban J connectivity index is 2.64. The first-order valence-corrected chi connectivity index (χ1v) is 7.04. The standard InChI is InChI=1S/C11H16N2O3S/c1-3-16-11-9(5-4-6-13-11)10(14)12-7-8-17(2)15/h4-6H,3,7-8H2,1-2H3,(H,12,14)/t17-/m0/s1. The van der Waals surface area contributed by atoms with Crippen molar-refractivity contribution in [2.24, 2.45) is 0 Å². The molecular weight excluding hydrogens is 240 g/mol. The van der Waals surface area contributed by atoms with Gasteiger partial charge in [-0.05, 0) is 19.1 Å². The molecule has 0 saturated heterocycles. The molecule has 17 heavy (non-hydrogen) atoms. The van der Waals surface area contributed by atoms with Gasteiger partial charge in [-0.25, -0.2) is 4.98 Å². The second-order valence-corrected chi connectivity index (χ2v) is 4.88. The Bertz CT molecular complexity index is 409. The van der Waals surface area contributed by atoms with E-state index in [-0.39, 0.29) is 5.91 Å². The largest absolute Gasteiger partial charge is 0.477 e. The number of aromatic nitrogens is 1. The summed E-state index contributed by atoms with van der Waals surface area (Å²) in [6.07, 6.45) is 3.17. The Hall–Kier alpha value is -1.43. The predicted molar refractivity (Wildman–Crippen MR) is 66.7 cm³/mol. The minimum absolute atomic E-state index is 0.257. The van der Waals surface area contributed by atoms with Crippen LogP contribution in [0.5, 0.6) is 5.88 Å². The molecular formula is C11H16N2O3S. The van der Waals surface area contributed by atoms with Crippen LogP contribution in [0.2, 0.25) is 0 Å². The average Bonchev–Trinajstić information content (AvgIpc) is 2.29. The van der Waals surface area contributed by atoms with E-state index >= 15 is 0 Å². The van der Waals surface area contributed by atoms with Gasteiger partial charge in [0.1, 0.15) is 5.56 Å². The number of ether oxygens (including phenoxy) is 1. The fourth-order valence-electron chi connectivity index (χ4n) is 1.22. The SMILES string of the molecule is CCOc1ncccc1C(=O)NCC[S@](C)=O. The van der Waals surface area contributed by atoms with Crippen LogP contribution < -0.4 is 10.1 Å². The maximum absolute atomic E-state index is 11.8. The summed E-state index contributed by atoms with van der Waals surface area (Å²) in [7, 11) is -0.909. The summed E-state index contributed by atoms with van der Waals surface area (Å²) in [6.45, 7) is 2.66. The lowest BCUT2D eigenvalue weighted by Crippen LogP contribution is -2.28. The van der Waals surface area contributed by atoms with Crippen molar-refractivity contribution in [3.05, 3.63) is 23.9 Å². The van der Waals surface area contributed by atoms with Crippen molar-refractivity contribution in [3.63, 3.8) is 0 Å². The molecule has 1 aromatic heterocycles. The van der Waals surface area contributed by atoms with E-state index < -0.39 is 10.8 Å². The number of carbonyl (C=O) groups excluding carboxylic acids is 1. The quantitative estimate of drug-likeness (QED) is 0.809. The van der Waals surface area contributed by atoms with Crippen molar-refractivity contribution >= 4 is 16.7 Å². The molecule has 0 spiro atoms. The molecule has 0 aliphatic rings. The number of pyridine rings is 1. The smallest absolute Gasteiger partial charge is 0.256 e. The number of amides is 1. The summed E-state index contributed by atoms with van der Waals surface area (Å²) in [5.41, 5.74) is 0.399. The van der Waals surface area contributed by atoms with Crippen LogP contribution in [0, 0.1) is 0 Å². The Kier molecular flexibility index (Phi) is 5.62. The maximum Gasteiger partial charge on any atom is 0.256 e. The lowest BCUT2D eigenvalue weighted by Gasteiger charge is -2.08. The summed E-state index contributed by atoms with van der Waals surface area (Å²) in [4.78, 5) is 15.8. The van der Waals surface area contributed by atoms with Gasteiger partial charge in [0.25, 0.3) is 5.91 Å². The molecule has 0 aliphatic heterocycles. The van der Waals surface area contributed by atoms with Gasteiger partial charge < -0.3 is 10.1 Å². The highest BCUT2D eigenvalue weighted by atomic mass is 32.2. The lowest BCUT2D eigenvalue weighted by molar-refractivity contribution is 0.0951. The van der Waals surface area contributed by atoms with Gasteiger partial charge in [-0.15, -0.1) is 0 Å². The number of carbonyl (C=O) groups is 1. The number of nitrogens with zero attached hydrogens (tertiary/aromatic N) is 1. The molecule has 94 valence electrons. The molecule has 0 saturated carbocycles. The normalized spacial score (nSPS) is 11.9. The molecule has 1 aromatic rings. The summed E-state index contributed by atoms with van der Waals surface area (Å²) in [5.74, 6) is 0.507. The lowest BCUT2D eigenvalue weighted by atomic mass is 10.2. The molecule has 1 rings (SSSR count). The van der Waals surface area contributed by atoms with E-state index in [4.69, 9.17) is 4.74 Å². The molecule has 5 nitrogen and oxygen atoms in total. The highest BCUT2D eigenvalue weighted by molar-refractivity contribution is 7.84. The van der Waals surface area contributed by atoms with Crippen LogP contribution in [-0.2, 0) is 10.8 Å². The Morgan fingerprint density at radius 1 is 1.59 bits per heavy atom. The van der Waals surface area contributed by atoms with Crippen LogP contribution in [0.3, 0.4) is 0 Å². The van der Waals surface area contributed by atoms with E-state index in [9.17, 15) is 9.00 Å². The van der Waals surface area contributed by atoms with E-state index in [1.54, 1.807) is 24.6 Å². The molecule has 0 bridgehead atoms. The van der Waals surface area contributed by atoms with Crippen molar-refractivity contribution < 1.29 is 13.7 Å². The van der Waals surface area contributed by atoms with Gasteiger partial charge in [0.05, 0.1) is 6.61 Å².